The molecule has 2 aromatic rings. The van der Waals surface area contributed by atoms with E-state index < -0.39 is 5.97 Å². The van der Waals surface area contributed by atoms with E-state index in [0.29, 0.717) is 6.42 Å². The van der Waals surface area contributed by atoms with Gasteiger partial charge in [-0.2, -0.15) is 0 Å². The molecule has 3 nitrogen and oxygen atoms in total. The van der Waals surface area contributed by atoms with E-state index in [2.05, 4.69) is 0 Å². The monoisotopic (exact) mass is 218 g/mol. The Morgan fingerprint density at radius 3 is 2.62 bits per heavy atom. The van der Waals surface area contributed by atoms with E-state index in [1.165, 1.54) is 0 Å². The van der Waals surface area contributed by atoms with Crippen LogP contribution in [0.4, 0.5) is 0 Å². The molecule has 0 aliphatic carbocycles. The summed E-state index contributed by atoms with van der Waals surface area (Å²) in [6.07, 6.45) is 1.51. The molecule has 1 aromatic carbocycles. The van der Waals surface area contributed by atoms with Crippen molar-refractivity contribution in [3.05, 3.63) is 35.1 Å². The van der Waals surface area contributed by atoms with Crippen LogP contribution in [0.2, 0.25) is 0 Å². The first kappa shape index (κ1) is 10.7. The zero-order valence-electron chi connectivity index (χ0n) is 9.41. The largest absolute Gasteiger partial charge is 0.475 e. The number of benzene rings is 1. The fourth-order valence-electron chi connectivity index (χ4n) is 2.03. The van der Waals surface area contributed by atoms with E-state index in [-0.39, 0.29) is 5.76 Å². The zero-order valence-corrected chi connectivity index (χ0v) is 9.41. The smallest absolute Gasteiger partial charge is 0.372 e. The van der Waals surface area contributed by atoms with Crippen molar-refractivity contribution >= 4 is 16.9 Å². The molecule has 1 heterocycles. The van der Waals surface area contributed by atoms with Crippen LogP contribution < -0.4 is 0 Å². The highest BCUT2D eigenvalue weighted by atomic mass is 16.4. The van der Waals surface area contributed by atoms with Crippen LogP contribution in [-0.2, 0) is 12.8 Å². The Hall–Kier alpha value is -1.77. The first-order valence-corrected chi connectivity index (χ1v) is 5.45. The molecule has 0 unspecified atom stereocenters. The highest BCUT2D eigenvalue weighted by Gasteiger charge is 2.19. The summed E-state index contributed by atoms with van der Waals surface area (Å²) in [4.78, 5) is 11.1. The Bertz CT molecular complexity index is 537. The van der Waals surface area contributed by atoms with Crippen molar-refractivity contribution in [1.29, 1.82) is 0 Å². The van der Waals surface area contributed by atoms with Crippen molar-refractivity contribution in [2.45, 2.75) is 26.7 Å². The normalized spacial score (nSPS) is 10.9. The van der Waals surface area contributed by atoms with Gasteiger partial charge in [-0.05, 0) is 18.4 Å². The average molecular weight is 218 g/mol. The molecule has 1 aromatic heterocycles. The molecule has 0 saturated heterocycles. The van der Waals surface area contributed by atoms with Gasteiger partial charge in [-0.15, -0.1) is 0 Å². The van der Waals surface area contributed by atoms with Gasteiger partial charge in [-0.1, -0.05) is 32.0 Å². The minimum Gasteiger partial charge on any atom is -0.475 e. The molecule has 1 N–H and O–H groups in total. The summed E-state index contributed by atoms with van der Waals surface area (Å²) in [6, 6.07) is 5.83. The summed E-state index contributed by atoms with van der Waals surface area (Å²) in [5.41, 5.74) is 2.57. The zero-order chi connectivity index (χ0) is 11.7. The van der Waals surface area contributed by atoms with Crippen LogP contribution in [0.15, 0.2) is 22.6 Å². The number of rotatable bonds is 3. The van der Waals surface area contributed by atoms with Crippen molar-refractivity contribution in [1.82, 2.24) is 0 Å². The van der Waals surface area contributed by atoms with Crippen molar-refractivity contribution in [2.24, 2.45) is 0 Å². The molecular weight excluding hydrogens is 204 g/mol. The van der Waals surface area contributed by atoms with Gasteiger partial charge >= 0.3 is 5.97 Å². The predicted molar refractivity (Wildman–Crippen MR) is 61.9 cm³/mol. The number of para-hydroxylation sites is 1. The molecule has 0 bridgehead atoms. The van der Waals surface area contributed by atoms with E-state index in [4.69, 9.17) is 9.52 Å². The SMILES string of the molecule is CCc1c(C(=O)O)oc2c(CC)cccc12. The summed E-state index contributed by atoms with van der Waals surface area (Å²) in [5.74, 6) is -0.909. The number of carboxylic acids is 1. The lowest BCUT2D eigenvalue weighted by molar-refractivity contribution is 0.0663. The molecule has 3 heteroatoms. The molecule has 0 amide bonds. The van der Waals surface area contributed by atoms with Gasteiger partial charge in [0.1, 0.15) is 5.58 Å². The van der Waals surface area contributed by atoms with Crippen molar-refractivity contribution < 1.29 is 14.3 Å². The Kier molecular flexibility index (Phi) is 2.69. The molecule has 84 valence electrons. The number of furan rings is 1. The Labute approximate surface area is 93.7 Å². The van der Waals surface area contributed by atoms with Crippen molar-refractivity contribution in [3.63, 3.8) is 0 Å². The first-order valence-electron chi connectivity index (χ1n) is 5.45. The molecule has 0 spiro atoms. The van der Waals surface area contributed by atoms with E-state index in [9.17, 15) is 4.79 Å². The fourth-order valence-corrected chi connectivity index (χ4v) is 2.03. The van der Waals surface area contributed by atoms with Gasteiger partial charge in [0, 0.05) is 10.9 Å². The van der Waals surface area contributed by atoms with Crippen molar-refractivity contribution in [2.75, 3.05) is 0 Å². The third kappa shape index (κ3) is 1.48. The van der Waals surface area contributed by atoms with Gasteiger partial charge in [0.15, 0.2) is 0 Å². The lowest BCUT2D eigenvalue weighted by Gasteiger charge is -1.97. The molecular formula is C13H14O3. The van der Waals surface area contributed by atoms with Gasteiger partial charge in [0.2, 0.25) is 5.76 Å². The molecule has 0 saturated carbocycles. The van der Waals surface area contributed by atoms with Crippen LogP contribution in [0.5, 0.6) is 0 Å². The highest BCUT2D eigenvalue weighted by Crippen LogP contribution is 2.29. The lowest BCUT2D eigenvalue weighted by Crippen LogP contribution is -1.97. The fraction of sp³-hybridized carbons (Fsp3) is 0.308. The van der Waals surface area contributed by atoms with Crippen molar-refractivity contribution in [3.8, 4) is 0 Å². The summed E-state index contributed by atoms with van der Waals surface area (Å²) in [6.45, 7) is 3.97. The third-order valence-electron chi connectivity index (χ3n) is 2.83. The number of fused-ring (bicyclic) bond motifs is 1. The van der Waals surface area contributed by atoms with E-state index in [1.54, 1.807) is 0 Å². The van der Waals surface area contributed by atoms with E-state index >= 15 is 0 Å². The summed E-state index contributed by atoms with van der Waals surface area (Å²) >= 11 is 0. The van der Waals surface area contributed by atoms with E-state index in [1.807, 2.05) is 32.0 Å². The Morgan fingerprint density at radius 2 is 2.06 bits per heavy atom. The molecule has 0 aliphatic rings. The summed E-state index contributed by atoms with van der Waals surface area (Å²) < 4.78 is 5.47. The standard InChI is InChI=1S/C13H14O3/c1-3-8-6-5-7-10-9(4-2)12(13(14)15)16-11(8)10/h5-7H,3-4H2,1-2H3,(H,14,15). The van der Waals surface area contributed by atoms with Crippen LogP contribution >= 0.6 is 0 Å². The number of carbonyl (C=O) groups is 1. The van der Waals surface area contributed by atoms with Gasteiger partial charge in [-0.3, -0.25) is 0 Å². The number of aromatic carboxylic acids is 1. The molecule has 16 heavy (non-hydrogen) atoms. The quantitative estimate of drug-likeness (QED) is 0.860. The second-order valence-electron chi connectivity index (χ2n) is 3.72. The van der Waals surface area contributed by atoms with E-state index in [0.717, 1.165) is 28.5 Å². The first-order chi connectivity index (χ1) is 7.69. The second-order valence-corrected chi connectivity index (χ2v) is 3.72. The van der Waals surface area contributed by atoms with Gasteiger partial charge in [0.05, 0.1) is 0 Å². The Morgan fingerprint density at radius 1 is 1.31 bits per heavy atom. The number of carboxylic acid groups (broad SMARTS) is 1. The van der Waals surface area contributed by atoms with Crippen LogP contribution in [0.25, 0.3) is 11.0 Å². The second kappa shape index (κ2) is 4.00. The number of hydrogen-bond acceptors (Lipinski definition) is 2. The maximum atomic E-state index is 11.1. The average Bonchev–Trinajstić information content (AvgIpc) is 2.67. The molecule has 0 radical (unpaired) electrons. The predicted octanol–water partition coefficient (Wildman–Crippen LogP) is 3.26. The third-order valence-corrected chi connectivity index (χ3v) is 2.83. The van der Waals surface area contributed by atoms with Gasteiger partial charge in [-0.25, -0.2) is 4.79 Å². The molecule has 0 fully saturated rings. The van der Waals surface area contributed by atoms with Crippen LogP contribution in [0, 0.1) is 0 Å². The minimum absolute atomic E-state index is 0.0819. The number of aryl methyl sites for hydroxylation is 2. The molecule has 0 atom stereocenters. The number of hydrogen-bond donors (Lipinski definition) is 1. The molecule has 0 aliphatic heterocycles. The minimum atomic E-state index is -0.991. The van der Waals surface area contributed by atoms with Crippen LogP contribution in [-0.4, -0.2) is 11.1 Å². The lowest BCUT2D eigenvalue weighted by atomic mass is 10.0. The topological polar surface area (TPSA) is 50.4 Å². The maximum absolute atomic E-state index is 11.1. The summed E-state index contributed by atoms with van der Waals surface area (Å²) in [7, 11) is 0. The maximum Gasteiger partial charge on any atom is 0.372 e. The summed E-state index contributed by atoms with van der Waals surface area (Å²) in [5, 5.41) is 10.00. The van der Waals surface area contributed by atoms with Gasteiger partial charge < -0.3 is 9.52 Å². The molecule has 2 rings (SSSR count). The van der Waals surface area contributed by atoms with Gasteiger partial charge in [0.25, 0.3) is 0 Å². The highest BCUT2D eigenvalue weighted by molar-refractivity contribution is 5.96. The van der Waals surface area contributed by atoms with Crippen LogP contribution in [0.3, 0.4) is 0 Å². The Balaban J connectivity index is 2.80. The van der Waals surface area contributed by atoms with Crippen LogP contribution in [0.1, 0.15) is 35.5 Å².